The Morgan fingerprint density at radius 2 is 2.00 bits per heavy atom. The van der Waals surface area contributed by atoms with Gasteiger partial charge in [-0.25, -0.2) is 4.79 Å². The summed E-state index contributed by atoms with van der Waals surface area (Å²) in [6.07, 6.45) is 5.66. The normalized spacial score (nSPS) is 27.2. The Kier molecular flexibility index (Phi) is 4.55. The number of Topliss-reactive ketones (excluding diaryl/α,β-unsaturated/α-hetero) is 1. The zero-order chi connectivity index (χ0) is 18.3. The van der Waals surface area contributed by atoms with Gasteiger partial charge in [0.1, 0.15) is 6.04 Å². The smallest absolute Gasteiger partial charge is 0.330 e. The number of hydrogen-bond acceptors (Lipinski definition) is 5. The Bertz CT molecular complexity index is 777. The molecule has 138 valence electrons. The van der Waals surface area contributed by atoms with Crippen molar-refractivity contribution in [1.82, 2.24) is 4.90 Å². The first kappa shape index (κ1) is 17.6. The van der Waals surface area contributed by atoms with E-state index < -0.39 is 12.0 Å². The minimum Gasteiger partial charge on any atom is -0.456 e. The van der Waals surface area contributed by atoms with Crippen LogP contribution in [0, 0.1) is 0 Å². The second kappa shape index (κ2) is 6.72. The molecule has 4 rings (SSSR count). The van der Waals surface area contributed by atoms with E-state index in [1.807, 2.05) is 25.1 Å². The van der Waals surface area contributed by atoms with Crippen molar-refractivity contribution < 1.29 is 19.1 Å². The number of carbonyl (C=O) groups is 3. The third kappa shape index (κ3) is 3.04. The highest BCUT2D eigenvalue weighted by molar-refractivity contribution is 8.01. The van der Waals surface area contributed by atoms with Crippen molar-refractivity contribution in [2.75, 3.05) is 12.4 Å². The van der Waals surface area contributed by atoms with Crippen LogP contribution >= 0.6 is 11.8 Å². The van der Waals surface area contributed by atoms with Crippen LogP contribution in [0.5, 0.6) is 0 Å². The van der Waals surface area contributed by atoms with Crippen LogP contribution < -0.4 is 0 Å². The predicted octanol–water partition coefficient (Wildman–Crippen LogP) is 2.75. The number of nitrogens with zero attached hydrogens (tertiary/aromatic N) is 1. The highest BCUT2D eigenvalue weighted by atomic mass is 32.2. The molecule has 0 bridgehead atoms. The zero-order valence-corrected chi connectivity index (χ0v) is 15.8. The minimum absolute atomic E-state index is 0.000429. The molecule has 1 aliphatic carbocycles. The molecule has 0 aromatic heterocycles. The van der Waals surface area contributed by atoms with Gasteiger partial charge >= 0.3 is 5.97 Å². The Labute approximate surface area is 157 Å². The molecule has 0 N–H and O–H groups in total. The lowest BCUT2D eigenvalue weighted by Crippen LogP contribution is -2.46. The van der Waals surface area contributed by atoms with E-state index in [9.17, 15) is 14.4 Å². The lowest BCUT2D eigenvalue weighted by molar-refractivity contribution is -0.152. The van der Waals surface area contributed by atoms with E-state index in [1.165, 1.54) is 17.5 Å². The first-order valence-electron chi connectivity index (χ1n) is 9.26. The second-order valence-electron chi connectivity index (χ2n) is 7.49. The second-order valence-corrected chi connectivity index (χ2v) is 8.99. The van der Waals surface area contributed by atoms with Crippen LogP contribution in [0.1, 0.15) is 54.1 Å². The zero-order valence-electron chi connectivity index (χ0n) is 15.0. The summed E-state index contributed by atoms with van der Waals surface area (Å²) < 4.78 is 5.29. The van der Waals surface area contributed by atoms with Gasteiger partial charge in [-0.1, -0.05) is 12.1 Å². The number of ketones is 1. The van der Waals surface area contributed by atoms with Gasteiger partial charge in [-0.2, -0.15) is 0 Å². The monoisotopic (exact) mass is 373 g/mol. The summed E-state index contributed by atoms with van der Waals surface area (Å²) in [5, 5.41) is 0. The fraction of sp³-hybridized carbons (Fsp3) is 0.550. The van der Waals surface area contributed by atoms with Crippen LogP contribution in [0.15, 0.2) is 18.2 Å². The molecule has 5 nitrogen and oxygen atoms in total. The van der Waals surface area contributed by atoms with Crippen LogP contribution in [0.25, 0.3) is 0 Å². The van der Waals surface area contributed by atoms with E-state index >= 15 is 0 Å². The highest BCUT2D eigenvalue weighted by Crippen LogP contribution is 2.47. The average molecular weight is 373 g/mol. The molecule has 1 aromatic rings. The van der Waals surface area contributed by atoms with Crippen molar-refractivity contribution in [3.63, 3.8) is 0 Å². The number of rotatable bonds is 4. The fourth-order valence-electron chi connectivity index (χ4n) is 4.22. The number of thioether (sulfide) groups is 1. The van der Waals surface area contributed by atoms with Crippen molar-refractivity contribution in [3.8, 4) is 0 Å². The van der Waals surface area contributed by atoms with Gasteiger partial charge in [-0.3, -0.25) is 9.59 Å². The van der Waals surface area contributed by atoms with E-state index in [0.29, 0.717) is 17.7 Å². The molecule has 2 aliphatic heterocycles. The van der Waals surface area contributed by atoms with E-state index in [2.05, 4.69) is 0 Å². The summed E-state index contributed by atoms with van der Waals surface area (Å²) in [6.45, 7) is 1.73. The molecule has 0 saturated carbocycles. The van der Waals surface area contributed by atoms with Gasteiger partial charge in [-0.05, 0) is 56.2 Å². The molecule has 1 aromatic carbocycles. The Hall–Kier alpha value is -1.82. The fourth-order valence-corrected chi connectivity index (χ4v) is 5.63. The number of ether oxygens (including phenoxy) is 1. The van der Waals surface area contributed by atoms with E-state index in [-0.39, 0.29) is 23.2 Å². The van der Waals surface area contributed by atoms with E-state index in [0.717, 1.165) is 25.7 Å². The number of amides is 1. The summed E-state index contributed by atoms with van der Waals surface area (Å²) in [5.74, 6) is -0.121. The van der Waals surface area contributed by atoms with Crippen molar-refractivity contribution in [1.29, 1.82) is 0 Å². The lowest BCUT2D eigenvalue weighted by Gasteiger charge is -2.29. The molecule has 2 fully saturated rings. The molecule has 1 amide bonds. The predicted molar refractivity (Wildman–Crippen MR) is 99.1 cm³/mol. The van der Waals surface area contributed by atoms with Crippen molar-refractivity contribution in [3.05, 3.63) is 34.9 Å². The quantitative estimate of drug-likeness (QED) is 0.600. The maximum atomic E-state index is 12.5. The number of carbonyl (C=O) groups excluding carboxylic acids is 3. The highest BCUT2D eigenvalue weighted by Gasteiger charge is 2.53. The van der Waals surface area contributed by atoms with Crippen LogP contribution in [-0.2, 0) is 27.2 Å². The van der Waals surface area contributed by atoms with Gasteiger partial charge in [0.2, 0.25) is 5.91 Å². The van der Waals surface area contributed by atoms with Crippen molar-refractivity contribution in [2.45, 2.75) is 56.4 Å². The Morgan fingerprint density at radius 3 is 2.81 bits per heavy atom. The third-order valence-electron chi connectivity index (χ3n) is 5.73. The SMILES string of the molecule is C[C@]12CCC(=O)N1[C@@H](C(=O)OCC(=O)c1ccc3c(c1)CCCC3)CS2. The molecular weight excluding hydrogens is 350 g/mol. The minimum atomic E-state index is -0.573. The Morgan fingerprint density at radius 1 is 1.23 bits per heavy atom. The van der Waals surface area contributed by atoms with Crippen LogP contribution in [0.3, 0.4) is 0 Å². The third-order valence-corrected chi connectivity index (χ3v) is 7.24. The number of benzene rings is 1. The largest absolute Gasteiger partial charge is 0.456 e. The topological polar surface area (TPSA) is 63.7 Å². The average Bonchev–Trinajstić information content (AvgIpc) is 3.15. The van der Waals surface area contributed by atoms with Crippen LogP contribution in [0.4, 0.5) is 0 Å². The molecule has 2 heterocycles. The van der Waals surface area contributed by atoms with Gasteiger partial charge in [-0.15, -0.1) is 11.8 Å². The molecule has 0 unspecified atom stereocenters. The van der Waals surface area contributed by atoms with Gasteiger partial charge < -0.3 is 9.64 Å². The summed E-state index contributed by atoms with van der Waals surface area (Å²) in [6, 6.07) is 5.21. The molecule has 2 saturated heterocycles. The molecule has 26 heavy (non-hydrogen) atoms. The van der Waals surface area contributed by atoms with E-state index in [1.54, 1.807) is 16.7 Å². The van der Waals surface area contributed by atoms with Gasteiger partial charge in [0, 0.05) is 17.7 Å². The first-order chi connectivity index (χ1) is 12.5. The van der Waals surface area contributed by atoms with E-state index in [4.69, 9.17) is 4.74 Å². The standard InChI is InChI=1S/C20H23NO4S/c1-20-9-8-18(23)21(20)16(12-26-20)19(24)25-11-17(22)15-7-6-13-4-2-3-5-14(13)10-15/h6-7,10,16H,2-5,8-9,11-12H2,1H3/t16-,20+/m1/s1. The molecule has 2 atom stereocenters. The molecule has 0 spiro atoms. The Balaban J connectivity index is 1.39. The first-order valence-corrected chi connectivity index (χ1v) is 10.2. The van der Waals surface area contributed by atoms with Gasteiger partial charge in [0.25, 0.3) is 0 Å². The molecular formula is C20H23NO4S. The summed E-state index contributed by atoms with van der Waals surface area (Å²) in [7, 11) is 0. The summed E-state index contributed by atoms with van der Waals surface area (Å²) >= 11 is 1.62. The number of fused-ring (bicyclic) bond motifs is 2. The number of aryl methyl sites for hydroxylation is 2. The van der Waals surface area contributed by atoms with Crippen LogP contribution in [-0.4, -0.2) is 45.8 Å². The van der Waals surface area contributed by atoms with Gasteiger partial charge in [0.15, 0.2) is 12.4 Å². The number of hydrogen-bond donors (Lipinski definition) is 0. The lowest BCUT2D eigenvalue weighted by atomic mass is 9.90. The van der Waals surface area contributed by atoms with Crippen molar-refractivity contribution in [2.24, 2.45) is 0 Å². The summed E-state index contributed by atoms with van der Waals surface area (Å²) in [4.78, 5) is 38.4. The number of esters is 1. The van der Waals surface area contributed by atoms with Crippen molar-refractivity contribution >= 4 is 29.4 Å². The molecule has 6 heteroatoms. The van der Waals surface area contributed by atoms with Crippen LogP contribution in [0.2, 0.25) is 0 Å². The van der Waals surface area contributed by atoms with Gasteiger partial charge in [0.05, 0.1) is 4.87 Å². The summed E-state index contributed by atoms with van der Waals surface area (Å²) in [5.41, 5.74) is 3.15. The maximum Gasteiger partial charge on any atom is 0.330 e. The molecule has 3 aliphatic rings. The maximum absolute atomic E-state index is 12.5. The molecule has 0 radical (unpaired) electrons.